The molecule has 2 amide bonds. The zero-order valence-electron chi connectivity index (χ0n) is 13.6. The van der Waals surface area contributed by atoms with Crippen LogP contribution in [0.1, 0.15) is 56.4 Å². The van der Waals surface area contributed by atoms with Gasteiger partial charge in [-0.05, 0) is 37.5 Å². The van der Waals surface area contributed by atoms with Gasteiger partial charge >= 0.3 is 6.03 Å². The smallest absolute Gasteiger partial charge is 0.317 e. The minimum absolute atomic E-state index is 0.0739. The number of hydrogen-bond donors (Lipinski definition) is 1. The fourth-order valence-electron chi connectivity index (χ4n) is 3.69. The van der Waals surface area contributed by atoms with Crippen molar-refractivity contribution < 1.29 is 4.79 Å². The van der Waals surface area contributed by atoms with E-state index >= 15 is 0 Å². The van der Waals surface area contributed by atoms with Crippen LogP contribution in [0.4, 0.5) is 4.79 Å². The summed E-state index contributed by atoms with van der Waals surface area (Å²) >= 11 is 1.66. The summed E-state index contributed by atoms with van der Waals surface area (Å²) in [6.45, 7) is 2.85. The molecule has 3 atom stereocenters. The summed E-state index contributed by atoms with van der Waals surface area (Å²) in [5, 5.41) is 6.35. The van der Waals surface area contributed by atoms with Gasteiger partial charge in [0.15, 0.2) is 0 Å². The van der Waals surface area contributed by atoms with Gasteiger partial charge in [-0.2, -0.15) is 0 Å². The predicted molar refractivity (Wildman–Crippen MR) is 90.2 cm³/mol. The van der Waals surface area contributed by atoms with Crippen LogP contribution in [0, 0.1) is 11.8 Å². The van der Waals surface area contributed by atoms with Gasteiger partial charge in [-0.15, -0.1) is 11.3 Å². The van der Waals surface area contributed by atoms with Gasteiger partial charge in [0.1, 0.15) is 0 Å². The minimum Gasteiger partial charge on any atom is -0.335 e. The van der Waals surface area contributed by atoms with Crippen LogP contribution in [0.5, 0.6) is 0 Å². The third-order valence-corrected chi connectivity index (χ3v) is 6.11. The Labute approximate surface area is 137 Å². The van der Waals surface area contributed by atoms with Crippen molar-refractivity contribution in [1.82, 2.24) is 15.2 Å². The Kier molecular flexibility index (Phi) is 5.01. The van der Waals surface area contributed by atoms with Crippen LogP contribution in [-0.2, 0) is 0 Å². The van der Waals surface area contributed by atoms with Gasteiger partial charge < -0.3 is 10.2 Å². The zero-order chi connectivity index (χ0) is 15.5. The van der Waals surface area contributed by atoms with E-state index in [4.69, 9.17) is 0 Å². The van der Waals surface area contributed by atoms with Gasteiger partial charge in [-0.3, -0.25) is 0 Å². The molecule has 0 aromatic carbocycles. The summed E-state index contributed by atoms with van der Waals surface area (Å²) in [5.41, 5.74) is 0. The molecule has 0 unspecified atom stereocenters. The van der Waals surface area contributed by atoms with Gasteiger partial charge in [0, 0.05) is 37.1 Å². The Morgan fingerprint density at radius 1 is 1.41 bits per heavy atom. The normalized spacial score (nSPS) is 26.5. The molecule has 5 heteroatoms. The van der Waals surface area contributed by atoms with Crippen molar-refractivity contribution in [2.45, 2.75) is 57.4 Å². The first-order valence-electron chi connectivity index (χ1n) is 8.54. The molecule has 2 aliphatic rings. The van der Waals surface area contributed by atoms with E-state index in [9.17, 15) is 4.79 Å². The Morgan fingerprint density at radius 2 is 2.23 bits per heavy atom. The second kappa shape index (κ2) is 6.99. The second-order valence-electron chi connectivity index (χ2n) is 7.06. The molecular formula is C17H27N3OS. The summed E-state index contributed by atoms with van der Waals surface area (Å²) in [6.07, 6.45) is 9.63. The lowest BCUT2D eigenvalue weighted by atomic mass is 9.83. The van der Waals surface area contributed by atoms with Crippen molar-refractivity contribution in [1.29, 1.82) is 0 Å². The number of nitrogens with one attached hydrogen (secondary N) is 1. The summed E-state index contributed by atoms with van der Waals surface area (Å²) in [6, 6.07) is 0.453. The maximum absolute atomic E-state index is 12.4. The van der Waals surface area contributed by atoms with Crippen molar-refractivity contribution in [2.24, 2.45) is 11.8 Å². The topological polar surface area (TPSA) is 45.2 Å². The van der Waals surface area contributed by atoms with Crippen LogP contribution in [0.3, 0.4) is 0 Å². The molecule has 2 saturated carbocycles. The monoisotopic (exact) mass is 321 g/mol. The average Bonchev–Trinajstić information content (AvgIpc) is 3.22. The van der Waals surface area contributed by atoms with Crippen molar-refractivity contribution >= 4 is 17.4 Å². The van der Waals surface area contributed by atoms with Crippen LogP contribution in [0.2, 0.25) is 0 Å². The molecule has 2 fully saturated rings. The van der Waals surface area contributed by atoms with E-state index in [1.165, 1.54) is 32.1 Å². The first kappa shape index (κ1) is 15.8. The Morgan fingerprint density at radius 3 is 2.91 bits per heavy atom. The first-order chi connectivity index (χ1) is 10.6. The van der Waals surface area contributed by atoms with Gasteiger partial charge in [0.2, 0.25) is 0 Å². The molecule has 3 rings (SSSR count). The summed E-state index contributed by atoms with van der Waals surface area (Å²) in [7, 11) is 1.89. The number of carbonyl (C=O) groups excluding carboxylic acids is 1. The molecule has 22 heavy (non-hydrogen) atoms. The number of amides is 2. The average molecular weight is 321 g/mol. The van der Waals surface area contributed by atoms with E-state index in [0.29, 0.717) is 12.0 Å². The molecule has 0 aliphatic heterocycles. The van der Waals surface area contributed by atoms with E-state index in [2.05, 4.69) is 17.2 Å². The van der Waals surface area contributed by atoms with Crippen LogP contribution in [0.15, 0.2) is 11.6 Å². The highest BCUT2D eigenvalue weighted by Gasteiger charge is 2.35. The molecular weight excluding hydrogens is 294 g/mol. The molecule has 1 aromatic rings. The van der Waals surface area contributed by atoms with E-state index in [-0.39, 0.29) is 6.03 Å². The maximum atomic E-state index is 12.4. The number of rotatable bonds is 5. The molecule has 0 bridgehead atoms. The van der Waals surface area contributed by atoms with Gasteiger partial charge in [-0.25, -0.2) is 9.78 Å². The Hall–Kier alpha value is -1.10. The van der Waals surface area contributed by atoms with E-state index in [0.717, 1.165) is 29.8 Å². The Balaban J connectivity index is 1.46. The summed E-state index contributed by atoms with van der Waals surface area (Å²) < 4.78 is 0. The molecule has 2 aliphatic carbocycles. The summed E-state index contributed by atoms with van der Waals surface area (Å²) in [4.78, 5) is 18.6. The van der Waals surface area contributed by atoms with Crippen molar-refractivity contribution in [3.63, 3.8) is 0 Å². The quantitative estimate of drug-likeness (QED) is 0.895. The molecule has 4 nitrogen and oxygen atoms in total. The number of nitrogens with zero attached hydrogens (tertiary/aromatic N) is 2. The van der Waals surface area contributed by atoms with Crippen LogP contribution in [-0.4, -0.2) is 35.5 Å². The van der Waals surface area contributed by atoms with E-state index in [1.54, 1.807) is 11.3 Å². The number of urea groups is 1. The SMILES string of the molecule is C[C@H](CN(C)C(=O)N[C@H]1CCC[C@@H](C2CC2)C1)c1nccs1. The minimum atomic E-state index is 0.0739. The number of hydrogen-bond acceptors (Lipinski definition) is 3. The van der Waals surface area contributed by atoms with Crippen molar-refractivity contribution in [3.05, 3.63) is 16.6 Å². The second-order valence-corrected chi connectivity index (χ2v) is 7.99. The number of carbonyl (C=O) groups is 1. The van der Waals surface area contributed by atoms with Crippen LogP contribution >= 0.6 is 11.3 Å². The fourth-order valence-corrected chi connectivity index (χ4v) is 4.38. The number of likely N-dealkylation sites (N-methyl/N-ethyl adjacent to an activating group) is 1. The van der Waals surface area contributed by atoms with Crippen molar-refractivity contribution in [3.8, 4) is 0 Å². The molecule has 122 valence electrons. The third-order valence-electron chi connectivity index (χ3n) is 5.10. The Bertz CT molecular complexity index is 486. The van der Waals surface area contributed by atoms with E-state index in [1.807, 2.05) is 23.5 Å². The molecule has 1 N–H and O–H groups in total. The predicted octanol–water partition coefficient (Wildman–Crippen LogP) is 3.86. The lowest BCUT2D eigenvalue weighted by Crippen LogP contribution is -2.46. The highest BCUT2D eigenvalue weighted by Crippen LogP contribution is 2.43. The number of thiazole rings is 1. The lowest BCUT2D eigenvalue weighted by molar-refractivity contribution is 0.191. The fraction of sp³-hybridized carbons (Fsp3) is 0.765. The zero-order valence-corrected chi connectivity index (χ0v) is 14.4. The molecule has 0 saturated heterocycles. The summed E-state index contributed by atoms with van der Waals surface area (Å²) in [5.74, 6) is 2.11. The van der Waals surface area contributed by atoms with Crippen molar-refractivity contribution in [2.75, 3.05) is 13.6 Å². The molecule has 1 heterocycles. The largest absolute Gasteiger partial charge is 0.335 e. The highest BCUT2D eigenvalue weighted by atomic mass is 32.1. The van der Waals surface area contributed by atoms with Crippen LogP contribution < -0.4 is 5.32 Å². The number of aromatic nitrogens is 1. The standard InChI is InChI=1S/C17H27N3OS/c1-12(16-18-8-9-22-16)11-20(2)17(21)19-15-5-3-4-14(10-15)13-6-7-13/h8-9,12-15H,3-7,10-11H2,1-2H3,(H,19,21)/t12-,14-,15+/m1/s1. The van der Waals surface area contributed by atoms with Gasteiger partial charge in [0.05, 0.1) is 5.01 Å². The molecule has 0 spiro atoms. The van der Waals surface area contributed by atoms with E-state index < -0.39 is 0 Å². The van der Waals surface area contributed by atoms with Crippen LogP contribution in [0.25, 0.3) is 0 Å². The lowest BCUT2D eigenvalue weighted by Gasteiger charge is -2.31. The first-order valence-corrected chi connectivity index (χ1v) is 9.42. The van der Waals surface area contributed by atoms with Gasteiger partial charge in [-0.1, -0.05) is 19.8 Å². The maximum Gasteiger partial charge on any atom is 0.317 e. The van der Waals surface area contributed by atoms with Gasteiger partial charge in [0.25, 0.3) is 0 Å². The highest BCUT2D eigenvalue weighted by molar-refractivity contribution is 7.09. The molecule has 1 aromatic heterocycles. The third kappa shape index (κ3) is 4.00. The molecule has 0 radical (unpaired) electrons.